The van der Waals surface area contributed by atoms with Crippen LogP contribution in [-0.2, 0) is 23.2 Å². The molecule has 5 heteroatoms. The molecule has 2 rings (SSSR count). The molecule has 1 aromatic heterocycles. The number of aliphatic carboxylic acids is 1. The quantitative estimate of drug-likeness (QED) is 0.903. The molecule has 128 valence electrons. The lowest BCUT2D eigenvalue weighted by molar-refractivity contribution is -0.137. The SMILES string of the molecule is Cc1cc(Cc2ccc(C(C)(C)C)cc2)c(N)c(=O)n1CC(=O)O. The molecule has 0 spiro atoms. The summed E-state index contributed by atoms with van der Waals surface area (Å²) >= 11 is 0. The summed E-state index contributed by atoms with van der Waals surface area (Å²) in [5.41, 5.74) is 9.33. The third-order valence-electron chi connectivity index (χ3n) is 4.14. The minimum absolute atomic E-state index is 0.0887. The van der Waals surface area contributed by atoms with E-state index < -0.39 is 11.5 Å². The van der Waals surface area contributed by atoms with Crippen LogP contribution >= 0.6 is 0 Å². The minimum atomic E-state index is -1.06. The molecule has 0 aliphatic rings. The number of carboxylic acid groups (broad SMARTS) is 1. The molecular formula is C19H24N2O3. The van der Waals surface area contributed by atoms with Crippen LogP contribution in [0.25, 0.3) is 0 Å². The molecule has 0 saturated heterocycles. The number of hydrogen-bond donors (Lipinski definition) is 2. The molecule has 0 aliphatic carbocycles. The average molecular weight is 328 g/mol. The van der Waals surface area contributed by atoms with E-state index in [0.29, 0.717) is 12.1 Å². The van der Waals surface area contributed by atoms with Crippen molar-refractivity contribution in [3.63, 3.8) is 0 Å². The van der Waals surface area contributed by atoms with E-state index in [-0.39, 0.29) is 17.6 Å². The molecule has 1 aromatic carbocycles. The molecule has 0 atom stereocenters. The van der Waals surface area contributed by atoms with Crippen LogP contribution in [0.1, 0.15) is 43.2 Å². The number of benzene rings is 1. The molecule has 0 fully saturated rings. The predicted molar refractivity (Wildman–Crippen MR) is 95.4 cm³/mol. The standard InChI is InChI=1S/C19H24N2O3/c1-12-9-14(17(20)18(24)21(12)11-16(22)23)10-13-5-7-15(8-6-13)19(2,3)4/h5-9H,10-11,20H2,1-4H3,(H,22,23). The van der Waals surface area contributed by atoms with E-state index in [0.717, 1.165) is 11.1 Å². The van der Waals surface area contributed by atoms with E-state index in [1.807, 2.05) is 12.1 Å². The summed E-state index contributed by atoms with van der Waals surface area (Å²) in [4.78, 5) is 23.2. The number of nitrogens with two attached hydrogens (primary N) is 1. The van der Waals surface area contributed by atoms with Crippen LogP contribution in [-0.4, -0.2) is 15.6 Å². The van der Waals surface area contributed by atoms with E-state index in [4.69, 9.17) is 10.8 Å². The second-order valence-electron chi connectivity index (χ2n) is 7.13. The van der Waals surface area contributed by atoms with Gasteiger partial charge in [-0.1, -0.05) is 45.0 Å². The van der Waals surface area contributed by atoms with Crippen molar-refractivity contribution in [2.45, 2.75) is 46.1 Å². The van der Waals surface area contributed by atoms with Crippen molar-refractivity contribution in [3.8, 4) is 0 Å². The summed E-state index contributed by atoms with van der Waals surface area (Å²) < 4.78 is 1.18. The lowest BCUT2D eigenvalue weighted by Crippen LogP contribution is -2.29. The maximum atomic E-state index is 12.3. The number of carbonyl (C=O) groups is 1. The van der Waals surface area contributed by atoms with Gasteiger partial charge in [-0.15, -0.1) is 0 Å². The molecule has 1 heterocycles. The predicted octanol–water partition coefficient (Wildman–Crippen LogP) is 2.71. The molecule has 3 N–H and O–H groups in total. The fraction of sp³-hybridized carbons (Fsp3) is 0.368. The van der Waals surface area contributed by atoms with Crippen molar-refractivity contribution >= 4 is 11.7 Å². The van der Waals surface area contributed by atoms with E-state index in [9.17, 15) is 9.59 Å². The van der Waals surface area contributed by atoms with E-state index in [2.05, 4.69) is 32.9 Å². The highest BCUT2D eigenvalue weighted by Gasteiger charge is 2.15. The van der Waals surface area contributed by atoms with Gasteiger partial charge in [0.25, 0.3) is 5.56 Å². The third kappa shape index (κ3) is 3.85. The van der Waals surface area contributed by atoms with Gasteiger partial charge in [0.15, 0.2) is 0 Å². The second kappa shape index (κ2) is 6.51. The first-order valence-electron chi connectivity index (χ1n) is 7.89. The Morgan fingerprint density at radius 1 is 1.21 bits per heavy atom. The number of nitrogens with zero attached hydrogens (tertiary/aromatic N) is 1. The van der Waals surface area contributed by atoms with Gasteiger partial charge in [0, 0.05) is 5.69 Å². The molecular weight excluding hydrogens is 304 g/mol. The van der Waals surface area contributed by atoms with Crippen molar-refractivity contribution in [1.29, 1.82) is 0 Å². The van der Waals surface area contributed by atoms with Crippen LogP contribution in [0.5, 0.6) is 0 Å². The van der Waals surface area contributed by atoms with Crippen LogP contribution in [0.3, 0.4) is 0 Å². The van der Waals surface area contributed by atoms with Gasteiger partial charge in [0.05, 0.1) is 0 Å². The zero-order valence-electron chi connectivity index (χ0n) is 14.6. The Morgan fingerprint density at radius 3 is 2.29 bits per heavy atom. The molecule has 24 heavy (non-hydrogen) atoms. The zero-order valence-corrected chi connectivity index (χ0v) is 14.6. The van der Waals surface area contributed by atoms with Gasteiger partial charge in [0.1, 0.15) is 12.2 Å². The van der Waals surface area contributed by atoms with E-state index in [1.165, 1.54) is 10.1 Å². The number of rotatable bonds is 4. The van der Waals surface area contributed by atoms with Crippen molar-refractivity contribution in [1.82, 2.24) is 4.57 Å². The molecule has 2 aromatic rings. The summed E-state index contributed by atoms with van der Waals surface area (Å²) in [5.74, 6) is -1.06. The van der Waals surface area contributed by atoms with Gasteiger partial charge < -0.3 is 10.8 Å². The molecule has 0 aliphatic heterocycles. The fourth-order valence-electron chi connectivity index (χ4n) is 2.67. The van der Waals surface area contributed by atoms with Crippen LogP contribution in [0.15, 0.2) is 35.1 Å². The fourth-order valence-corrected chi connectivity index (χ4v) is 2.67. The highest BCUT2D eigenvalue weighted by Crippen LogP contribution is 2.23. The van der Waals surface area contributed by atoms with Crippen LogP contribution in [0, 0.1) is 6.92 Å². The highest BCUT2D eigenvalue weighted by atomic mass is 16.4. The third-order valence-corrected chi connectivity index (χ3v) is 4.14. The number of anilines is 1. The Morgan fingerprint density at radius 2 is 1.79 bits per heavy atom. The summed E-state index contributed by atoms with van der Waals surface area (Å²) in [6, 6.07) is 10.0. The monoisotopic (exact) mass is 328 g/mol. The molecule has 5 nitrogen and oxygen atoms in total. The summed E-state index contributed by atoms with van der Waals surface area (Å²) in [6.07, 6.45) is 0.542. The number of hydrogen-bond acceptors (Lipinski definition) is 3. The zero-order chi connectivity index (χ0) is 18.1. The minimum Gasteiger partial charge on any atom is -0.480 e. The van der Waals surface area contributed by atoms with Crippen molar-refractivity contribution in [2.24, 2.45) is 0 Å². The van der Waals surface area contributed by atoms with Gasteiger partial charge in [-0.05, 0) is 41.5 Å². The van der Waals surface area contributed by atoms with Crippen LogP contribution < -0.4 is 11.3 Å². The first-order chi connectivity index (χ1) is 11.1. The van der Waals surface area contributed by atoms with Gasteiger partial charge in [-0.3, -0.25) is 14.2 Å². The molecule has 0 amide bonds. The van der Waals surface area contributed by atoms with Crippen molar-refractivity contribution in [3.05, 3.63) is 63.1 Å². The second-order valence-corrected chi connectivity index (χ2v) is 7.13. The summed E-state index contributed by atoms with van der Waals surface area (Å²) in [6.45, 7) is 7.81. The van der Waals surface area contributed by atoms with E-state index in [1.54, 1.807) is 13.0 Å². The summed E-state index contributed by atoms with van der Waals surface area (Å²) in [5, 5.41) is 8.90. The number of carboxylic acids is 1. The van der Waals surface area contributed by atoms with E-state index >= 15 is 0 Å². The van der Waals surface area contributed by atoms with Gasteiger partial charge in [-0.2, -0.15) is 0 Å². The topological polar surface area (TPSA) is 85.3 Å². The first kappa shape index (κ1) is 17.8. The maximum Gasteiger partial charge on any atom is 0.323 e. The molecule has 0 saturated carbocycles. The number of nitrogen functional groups attached to an aromatic ring is 1. The maximum absolute atomic E-state index is 12.3. The Kier molecular flexibility index (Phi) is 4.83. The van der Waals surface area contributed by atoms with Crippen LogP contribution in [0.2, 0.25) is 0 Å². The molecule has 0 unspecified atom stereocenters. The Labute approximate surface area is 141 Å². The lowest BCUT2D eigenvalue weighted by atomic mass is 9.86. The normalized spacial score (nSPS) is 11.5. The Bertz CT molecular complexity index is 812. The Balaban J connectivity index is 2.34. The Hall–Kier alpha value is -2.56. The largest absolute Gasteiger partial charge is 0.480 e. The molecule has 0 radical (unpaired) electrons. The van der Waals surface area contributed by atoms with Gasteiger partial charge in [-0.25, -0.2) is 0 Å². The summed E-state index contributed by atoms with van der Waals surface area (Å²) in [7, 11) is 0. The van der Waals surface area contributed by atoms with Crippen LogP contribution in [0.4, 0.5) is 5.69 Å². The number of aromatic nitrogens is 1. The number of pyridine rings is 1. The van der Waals surface area contributed by atoms with Crippen molar-refractivity contribution in [2.75, 3.05) is 5.73 Å². The lowest BCUT2D eigenvalue weighted by Gasteiger charge is -2.19. The smallest absolute Gasteiger partial charge is 0.323 e. The first-order valence-corrected chi connectivity index (χ1v) is 7.89. The molecule has 0 bridgehead atoms. The van der Waals surface area contributed by atoms with Gasteiger partial charge >= 0.3 is 5.97 Å². The van der Waals surface area contributed by atoms with Gasteiger partial charge in [0.2, 0.25) is 0 Å². The van der Waals surface area contributed by atoms with Crippen molar-refractivity contribution < 1.29 is 9.90 Å². The number of aryl methyl sites for hydroxylation is 1. The highest BCUT2D eigenvalue weighted by molar-refractivity contribution is 5.67. The average Bonchev–Trinajstić information content (AvgIpc) is 2.48.